The molecule has 0 spiro atoms. The van der Waals surface area contributed by atoms with Gasteiger partial charge >= 0.3 is 0 Å². The van der Waals surface area contributed by atoms with Crippen molar-refractivity contribution >= 4 is 11.6 Å². The molecule has 7 rings (SSSR count). The predicted octanol–water partition coefficient (Wildman–Crippen LogP) is 5.74. The molecule has 0 radical (unpaired) electrons. The molecule has 9 nitrogen and oxygen atoms in total. The summed E-state index contributed by atoms with van der Waals surface area (Å²) in [7, 11) is 0. The number of halogens is 1. The number of amides is 1. The lowest BCUT2D eigenvalue weighted by molar-refractivity contribution is -0.137. The molecule has 4 saturated carbocycles. The minimum absolute atomic E-state index is 0.0201. The highest BCUT2D eigenvalue weighted by Crippen LogP contribution is 2.58. The van der Waals surface area contributed by atoms with Crippen molar-refractivity contribution in [2.24, 2.45) is 11.3 Å². The molecule has 0 atom stereocenters. The number of rotatable bonds is 8. The van der Waals surface area contributed by atoms with Gasteiger partial charge in [0.1, 0.15) is 5.60 Å². The minimum atomic E-state index is -1.68. The summed E-state index contributed by atoms with van der Waals surface area (Å²) in [5.41, 5.74) is -1.09. The van der Waals surface area contributed by atoms with Crippen LogP contribution >= 0.6 is 0 Å². The number of aliphatic hydroxyl groups is 2. The zero-order chi connectivity index (χ0) is 30.8. The second-order valence-corrected chi connectivity index (χ2v) is 14.6. The number of hydrogen-bond donors (Lipinski definition) is 2. The van der Waals surface area contributed by atoms with Crippen LogP contribution in [0.25, 0.3) is 11.3 Å². The summed E-state index contributed by atoms with van der Waals surface area (Å²) in [5.74, 6) is 0.438. The van der Waals surface area contributed by atoms with Gasteiger partial charge in [-0.05, 0) is 116 Å². The molecule has 4 aliphatic rings. The molecule has 2 heterocycles. The minimum Gasteiger partial charge on any atom is -0.390 e. The van der Waals surface area contributed by atoms with Crippen molar-refractivity contribution < 1.29 is 23.9 Å². The first-order chi connectivity index (χ1) is 20.1. The van der Waals surface area contributed by atoms with E-state index < -0.39 is 16.9 Å². The number of alkyl halides is 1. The van der Waals surface area contributed by atoms with E-state index in [0.717, 1.165) is 49.8 Å². The lowest BCUT2D eigenvalue weighted by Crippen LogP contribution is -2.54. The van der Waals surface area contributed by atoms with Gasteiger partial charge in [-0.1, -0.05) is 17.3 Å². The largest absolute Gasteiger partial charge is 0.390 e. The standard InChI is InChI=1S/C33H42FN5O4/c1-29(2,34)28-35-27(38-43-28)33-14-11-32(12-15-33,13-16-33)20-39(26(40)22-18-31(5,42)19-22)23-8-6-7-21(17-23)24-9-10-25(37-36-24)30(3,4)41/h6-10,17,22,41-42H,11-16,18-20H2,1-5H3. The fraction of sp³-hybridized carbons (Fsp3) is 0.606. The first-order valence-corrected chi connectivity index (χ1v) is 15.3. The maximum Gasteiger partial charge on any atom is 0.263 e. The molecule has 2 N–H and O–H groups in total. The topological polar surface area (TPSA) is 125 Å². The Kier molecular flexibility index (Phi) is 7.04. The zero-order valence-corrected chi connectivity index (χ0v) is 25.7. The van der Waals surface area contributed by atoms with Crippen LogP contribution in [0.4, 0.5) is 10.1 Å². The molecule has 0 aliphatic heterocycles. The van der Waals surface area contributed by atoms with Gasteiger partial charge in [0.2, 0.25) is 5.91 Å². The molecule has 2 bridgehead atoms. The highest BCUT2D eigenvalue weighted by atomic mass is 19.1. The molecule has 0 unspecified atom stereocenters. The van der Waals surface area contributed by atoms with E-state index in [1.807, 2.05) is 35.2 Å². The fourth-order valence-corrected chi connectivity index (χ4v) is 7.19. The van der Waals surface area contributed by atoms with E-state index in [1.54, 1.807) is 26.8 Å². The van der Waals surface area contributed by atoms with Crippen molar-refractivity contribution in [3.63, 3.8) is 0 Å². The first-order valence-electron chi connectivity index (χ1n) is 15.3. The summed E-state index contributed by atoms with van der Waals surface area (Å²) in [6.07, 6.45) is 6.22. The van der Waals surface area contributed by atoms with Crippen LogP contribution in [0.5, 0.6) is 0 Å². The Bertz CT molecular complexity index is 1470. The van der Waals surface area contributed by atoms with Crippen LogP contribution in [0.1, 0.15) is 103 Å². The van der Waals surface area contributed by atoms with Crippen molar-refractivity contribution in [1.29, 1.82) is 0 Å². The molecule has 1 amide bonds. The molecular weight excluding hydrogens is 549 g/mol. The number of fused-ring (bicyclic) bond motifs is 3. The Hall–Kier alpha value is -3.24. The normalized spacial score (nSPS) is 28.9. The Balaban J connectivity index is 1.26. The number of carbonyl (C=O) groups excluding carboxylic acids is 1. The average Bonchev–Trinajstić information content (AvgIpc) is 3.47. The molecule has 230 valence electrons. The van der Waals surface area contributed by atoms with E-state index in [9.17, 15) is 19.4 Å². The van der Waals surface area contributed by atoms with Gasteiger partial charge in [0.15, 0.2) is 11.5 Å². The quantitative estimate of drug-likeness (QED) is 0.340. The van der Waals surface area contributed by atoms with Gasteiger partial charge in [0.25, 0.3) is 5.89 Å². The van der Waals surface area contributed by atoms with Crippen molar-refractivity contribution in [3.8, 4) is 11.3 Å². The monoisotopic (exact) mass is 591 g/mol. The van der Waals surface area contributed by atoms with Crippen molar-refractivity contribution in [2.45, 2.75) is 108 Å². The van der Waals surface area contributed by atoms with Crippen LogP contribution < -0.4 is 4.90 Å². The van der Waals surface area contributed by atoms with Crippen LogP contribution in [0.2, 0.25) is 0 Å². The van der Waals surface area contributed by atoms with Crippen molar-refractivity contribution in [2.75, 3.05) is 11.4 Å². The van der Waals surface area contributed by atoms with Crippen molar-refractivity contribution in [3.05, 3.63) is 53.8 Å². The maximum absolute atomic E-state index is 14.5. The number of nitrogens with zero attached hydrogens (tertiary/aromatic N) is 5. The first kappa shape index (κ1) is 29.8. The second-order valence-electron chi connectivity index (χ2n) is 14.6. The smallest absolute Gasteiger partial charge is 0.263 e. The fourth-order valence-electron chi connectivity index (χ4n) is 7.19. The summed E-state index contributed by atoms with van der Waals surface area (Å²) >= 11 is 0. The van der Waals surface area contributed by atoms with Gasteiger partial charge in [0, 0.05) is 29.1 Å². The SMILES string of the molecule is CC1(O)CC(C(=O)N(CC23CCC(c4noc(C(C)(C)F)n4)(CC2)CC3)c2cccc(-c3ccc(C(C)(C)O)nn3)c2)C1. The van der Waals surface area contributed by atoms with Crippen molar-refractivity contribution in [1.82, 2.24) is 20.3 Å². The maximum atomic E-state index is 14.5. The van der Waals surface area contributed by atoms with Gasteiger partial charge < -0.3 is 19.6 Å². The molecule has 3 aromatic rings. The summed E-state index contributed by atoms with van der Waals surface area (Å²) in [5, 5.41) is 33.5. The van der Waals surface area contributed by atoms with E-state index >= 15 is 0 Å². The summed E-state index contributed by atoms with van der Waals surface area (Å²) < 4.78 is 19.8. The number of aromatic nitrogens is 4. The highest BCUT2D eigenvalue weighted by Gasteiger charge is 2.53. The van der Waals surface area contributed by atoms with E-state index in [4.69, 9.17) is 4.52 Å². The van der Waals surface area contributed by atoms with Gasteiger partial charge in [-0.2, -0.15) is 15.2 Å². The third kappa shape index (κ3) is 5.71. The third-order valence-corrected chi connectivity index (χ3v) is 10.0. The van der Waals surface area contributed by atoms with Crippen LogP contribution in [-0.4, -0.2) is 48.6 Å². The van der Waals surface area contributed by atoms with Gasteiger partial charge in [-0.15, -0.1) is 0 Å². The van der Waals surface area contributed by atoms with Gasteiger partial charge in [0.05, 0.1) is 17.0 Å². The number of benzene rings is 1. The Labute approximate surface area is 251 Å². The molecule has 43 heavy (non-hydrogen) atoms. The number of carbonyl (C=O) groups is 1. The predicted molar refractivity (Wildman–Crippen MR) is 159 cm³/mol. The Morgan fingerprint density at radius 3 is 2.26 bits per heavy atom. The summed E-state index contributed by atoms with van der Waals surface area (Å²) in [6.45, 7) is 8.56. The molecule has 1 aromatic carbocycles. The Morgan fingerprint density at radius 2 is 1.72 bits per heavy atom. The van der Waals surface area contributed by atoms with Crippen LogP contribution in [0.3, 0.4) is 0 Å². The summed E-state index contributed by atoms with van der Waals surface area (Å²) in [4.78, 5) is 20.4. The highest BCUT2D eigenvalue weighted by molar-refractivity contribution is 5.96. The Morgan fingerprint density at radius 1 is 1.05 bits per heavy atom. The molecular formula is C33H42FN5O4. The zero-order valence-electron chi connectivity index (χ0n) is 25.7. The van der Waals surface area contributed by atoms with Gasteiger partial charge in [-0.3, -0.25) is 4.79 Å². The van der Waals surface area contributed by atoms with E-state index in [0.29, 0.717) is 36.6 Å². The molecule has 4 fully saturated rings. The van der Waals surface area contributed by atoms with Gasteiger partial charge in [-0.25, -0.2) is 4.39 Å². The molecule has 4 aliphatic carbocycles. The summed E-state index contributed by atoms with van der Waals surface area (Å²) in [6, 6.07) is 11.4. The average molecular weight is 592 g/mol. The third-order valence-electron chi connectivity index (χ3n) is 10.0. The van der Waals surface area contributed by atoms with E-state index in [1.165, 1.54) is 13.8 Å². The lowest BCUT2D eigenvalue weighted by Gasteiger charge is -2.54. The molecule has 0 saturated heterocycles. The van der Waals surface area contributed by atoms with E-state index in [-0.39, 0.29) is 28.5 Å². The van der Waals surface area contributed by atoms with Crippen LogP contribution in [0, 0.1) is 11.3 Å². The number of hydrogen-bond acceptors (Lipinski definition) is 8. The number of anilines is 1. The lowest BCUT2D eigenvalue weighted by atomic mass is 9.53. The molecule has 10 heteroatoms. The second kappa shape index (κ2) is 10.2. The molecule has 2 aromatic heterocycles. The van der Waals surface area contributed by atoms with Crippen LogP contribution in [0.15, 0.2) is 40.9 Å². The van der Waals surface area contributed by atoms with E-state index in [2.05, 4.69) is 20.3 Å². The van der Waals surface area contributed by atoms with Crippen LogP contribution in [-0.2, 0) is 21.5 Å².